The van der Waals surface area contributed by atoms with Crippen LogP contribution < -0.4 is 9.47 Å². The van der Waals surface area contributed by atoms with Gasteiger partial charge in [0.05, 0.1) is 18.6 Å². The summed E-state index contributed by atoms with van der Waals surface area (Å²) >= 11 is 0. The minimum Gasteiger partial charge on any atom is -0.497 e. The number of carbonyl (C=O) groups is 1. The zero-order chi connectivity index (χ0) is 18.9. The third-order valence-corrected chi connectivity index (χ3v) is 6.08. The minimum atomic E-state index is -3.34. The summed E-state index contributed by atoms with van der Waals surface area (Å²) in [6.07, 6.45) is 2.03. The second-order valence-corrected chi connectivity index (χ2v) is 10.9. The number of benzene rings is 1. The fraction of sp³-hybridized carbons (Fsp3) is 0.562. The molecule has 9 heteroatoms. The third-order valence-electron chi connectivity index (χ3n) is 4.19. The van der Waals surface area contributed by atoms with Crippen molar-refractivity contribution in [2.45, 2.75) is 24.9 Å². The maximum Gasteiger partial charge on any atom is 0.180 e. The number of ether oxygens (including phenoxy) is 2. The van der Waals surface area contributed by atoms with Crippen molar-refractivity contribution >= 4 is 25.5 Å². The normalized spacial score (nSPS) is 16.8. The van der Waals surface area contributed by atoms with Gasteiger partial charge in [-0.1, -0.05) is 6.07 Å². The number of fused-ring (bicyclic) bond motifs is 1. The lowest BCUT2D eigenvalue weighted by Crippen LogP contribution is -2.50. The van der Waals surface area contributed by atoms with E-state index in [2.05, 4.69) is 0 Å². The van der Waals surface area contributed by atoms with Crippen LogP contribution in [0.4, 0.5) is 0 Å². The van der Waals surface area contributed by atoms with Crippen LogP contribution in [0, 0.1) is 0 Å². The summed E-state index contributed by atoms with van der Waals surface area (Å²) in [5, 5.41) is 0. The molecule has 0 radical (unpaired) electrons. The highest BCUT2D eigenvalue weighted by Crippen LogP contribution is 2.37. The molecular weight excluding hydrogens is 368 g/mol. The van der Waals surface area contributed by atoms with E-state index < -0.39 is 25.3 Å². The molecule has 0 saturated heterocycles. The van der Waals surface area contributed by atoms with E-state index in [9.17, 15) is 21.6 Å². The van der Waals surface area contributed by atoms with Gasteiger partial charge in [-0.25, -0.2) is 16.8 Å². The summed E-state index contributed by atoms with van der Waals surface area (Å²) in [6, 6.07) is 5.04. The lowest BCUT2D eigenvalue weighted by Gasteiger charge is -2.37. The first-order valence-electron chi connectivity index (χ1n) is 7.69. The summed E-state index contributed by atoms with van der Waals surface area (Å²) in [4.78, 5) is 12.7. The first-order chi connectivity index (χ1) is 11.4. The molecular formula is C16H22O7S2. The predicted molar refractivity (Wildman–Crippen MR) is 93.7 cm³/mol. The van der Waals surface area contributed by atoms with Crippen molar-refractivity contribution in [1.82, 2.24) is 0 Å². The Hall–Kier alpha value is -1.61. The molecule has 7 nitrogen and oxygen atoms in total. The first kappa shape index (κ1) is 19.7. The smallest absolute Gasteiger partial charge is 0.180 e. The number of ketones is 1. The molecule has 0 spiro atoms. The van der Waals surface area contributed by atoms with Gasteiger partial charge in [-0.2, -0.15) is 0 Å². The predicted octanol–water partition coefficient (Wildman–Crippen LogP) is 0.807. The summed E-state index contributed by atoms with van der Waals surface area (Å²) in [5.41, 5.74) is -0.800. The molecule has 2 rings (SSSR count). The van der Waals surface area contributed by atoms with Gasteiger partial charge in [-0.05, 0) is 6.07 Å². The van der Waals surface area contributed by atoms with Crippen LogP contribution in [-0.2, 0) is 30.9 Å². The molecule has 0 bridgehead atoms. The number of hydrogen-bond acceptors (Lipinski definition) is 7. The van der Waals surface area contributed by atoms with E-state index >= 15 is 0 Å². The van der Waals surface area contributed by atoms with Crippen LogP contribution in [0.3, 0.4) is 0 Å². The van der Waals surface area contributed by atoms with Crippen LogP contribution in [0.15, 0.2) is 18.2 Å². The zero-order valence-corrected chi connectivity index (χ0v) is 16.1. The summed E-state index contributed by atoms with van der Waals surface area (Å²) in [7, 11) is -5.17. The van der Waals surface area contributed by atoms with E-state index in [4.69, 9.17) is 9.47 Å². The lowest BCUT2D eigenvalue weighted by atomic mass is 9.85. The number of hydrogen-bond donors (Lipinski definition) is 0. The highest BCUT2D eigenvalue weighted by Gasteiger charge is 2.44. The first-order valence-corrected chi connectivity index (χ1v) is 11.8. The second kappa shape index (κ2) is 6.95. The molecule has 1 aromatic carbocycles. The Morgan fingerprint density at radius 3 is 2.12 bits per heavy atom. The van der Waals surface area contributed by atoms with Crippen LogP contribution >= 0.6 is 0 Å². The van der Waals surface area contributed by atoms with Gasteiger partial charge in [0, 0.05) is 43.4 Å². The van der Waals surface area contributed by atoms with Crippen LogP contribution in [-0.4, -0.2) is 59.3 Å². The zero-order valence-electron chi connectivity index (χ0n) is 14.4. The van der Waals surface area contributed by atoms with Crippen molar-refractivity contribution < 1.29 is 31.1 Å². The number of sulfone groups is 2. The van der Waals surface area contributed by atoms with E-state index in [-0.39, 0.29) is 36.6 Å². The molecule has 140 valence electrons. The van der Waals surface area contributed by atoms with Crippen molar-refractivity contribution in [2.75, 3.05) is 31.1 Å². The molecule has 0 amide bonds. The summed E-state index contributed by atoms with van der Waals surface area (Å²) < 4.78 is 57.3. The van der Waals surface area contributed by atoms with Crippen molar-refractivity contribution in [3.63, 3.8) is 0 Å². The molecule has 0 atom stereocenters. The van der Waals surface area contributed by atoms with E-state index in [0.29, 0.717) is 17.1 Å². The van der Waals surface area contributed by atoms with Crippen molar-refractivity contribution in [3.8, 4) is 11.5 Å². The van der Waals surface area contributed by atoms with Gasteiger partial charge in [-0.3, -0.25) is 4.79 Å². The summed E-state index contributed by atoms with van der Waals surface area (Å²) in [5.74, 6) is 0.121. The third kappa shape index (κ3) is 5.18. The van der Waals surface area contributed by atoms with E-state index in [1.165, 1.54) is 7.11 Å². The average Bonchev–Trinajstić information content (AvgIpc) is 2.49. The van der Waals surface area contributed by atoms with Crippen LogP contribution in [0.5, 0.6) is 11.5 Å². The van der Waals surface area contributed by atoms with E-state index in [1.807, 2.05) is 0 Å². The van der Waals surface area contributed by atoms with Gasteiger partial charge < -0.3 is 9.47 Å². The number of carbonyl (C=O) groups excluding carboxylic acids is 1. The number of Topliss-reactive ketones (excluding diaryl/α,β-unsaturated/α-hetero) is 1. The maximum atomic E-state index is 12.7. The average molecular weight is 390 g/mol. The topological polar surface area (TPSA) is 104 Å². The molecule has 1 aliphatic heterocycles. The standard InChI is InChI=1S/C16H22O7S2/c1-22-13-5-4-12-10-15(17)16(23-14(12)11-13,6-8-24(2,18)19)7-9-25(3,20)21/h4-5,11H,6-10H2,1-3H3. The molecule has 0 saturated carbocycles. The molecule has 0 aliphatic carbocycles. The van der Waals surface area contributed by atoms with Gasteiger partial charge in [0.1, 0.15) is 31.2 Å². The monoisotopic (exact) mass is 390 g/mol. The van der Waals surface area contributed by atoms with E-state index in [1.54, 1.807) is 18.2 Å². The fourth-order valence-electron chi connectivity index (χ4n) is 2.71. The molecule has 1 aromatic rings. The SMILES string of the molecule is COc1ccc2c(c1)OC(CCS(C)(=O)=O)(CCS(C)(=O)=O)C(=O)C2. The van der Waals surface area contributed by atoms with E-state index in [0.717, 1.165) is 12.5 Å². The Morgan fingerprint density at radius 1 is 1.08 bits per heavy atom. The molecule has 0 aromatic heterocycles. The lowest BCUT2D eigenvalue weighted by molar-refractivity contribution is -0.136. The van der Waals surface area contributed by atoms with Gasteiger partial charge in [-0.15, -0.1) is 0 Å². The molecule has 0 N–H and O–H groups in total. The fourth-order valence-corrected chi connectivity index (χ4v) is 4.11. The van der Waals surface area contributed by atoms with Crippen LogP contribution in [0.2, 0.25) is 0 Å². The molecule has 25 heavy (non-hydrogen) atoms. The minimum absolute atomic E-state index is 0.0624. The largest absolute Gasteiger partial charge is 0.497 e. The number of methoxy groups -OCH3 is 1. The Morgan fingerprint density at radius 2 is 1.64 bits per heavy atom. The van der Waals surface area contributed by atoms with Crippen molar-refractivity contribution in [3.05, 3.63) is 23.8 Å². The molecule has 1 aliphatic rings. The summed E-state index contributed by atoms with van der Waals surface area (Å²) in [6.45, 7) is 0. The maximum absolute atomic E-state index is 12.7. The van der Waals surface area contributed by atoms with Gasteiger partial charge in [0.15, 0.2) is 11.4 Å². The Kier molecular flexibility index (Phi) is 5.48. The van der Waals surface area contributed by atoms with Crippen molar-refractivity contribution in [1.29, 1.82) is 0 Å². The quantitative estimate of drug-likeness (QED) is 0.678. The van der Waals surface area contributed by atoms with Gasteiger partial charge >= 0.3 is 0 Å². The Bertz CT molecular complexity index is 834. The molecule has 1 heterocycles. The second-order valence-electron chi connectivity index (χ2n) is 6.43. The molecule has 0 fully saturated rings. The Balaban J connectivity index is 2.40. The van der Waals surface area contributed by atoms with Gasteiger partial charge in [0.2, 0.25) is 0 Å². The highest BCUT2D eigenvalue weighted by molar-refractivity contribution is 7.90. The number of rotatable bonds is 7. The van der Waals surface area contributed by atoms with Crippen molar-refractivity contribution in [2.24, 2.45) is 0 Å². The van der Waals surface area contributed by atoms with Crippen LogP contribution in [0.1, 0.15) is 18.4 Å². The highest BCUT2D eigenvalue weighted by atomic mass is 32.2. The Labute approximate surface area is 148 Å². The van der Waals surface area contributed by atoms with Crippen LogP contribution in [0.25, 0.3) is 0 Å². The van der Waals surface area contributed by atoms with Gasteiger partial charge in [0.25, 0.3) is 0 Å². The molecule has 0 unspecified atom stereocenters.